The molecule has 0 radical (unpaired) electrons. The molecule has 1 saturated carbocycles. The van der Waals surface area contributed by atoms with Crippen LogP contribution in [0.2, 0.25) is 0 Å². The minimum atomic E-state index is -0.599. The number of amides is 1. The molecule has 0 bridgehead atoms. The molecule has 1 aliphatic carbocycles. The van der Waals surface area contributed by atoms with Crippen molar-refractivity contribution in [3.8, 4) is 0 Å². The molecular formula is C12H15N3OS. The van der Waals surface area contributed by atoms with Crippen molar-refractivity contribution in [2.24, 2.45) is 11.1 Å². The Bertz CT molecular complexity index is 442. The first-order valence-corrected chi connectivity index (χ1v) is 5.99. The zero-order chi connectivity index (χ0) is 12.5. The van der Waals surface area contributed by atoms with Gasteiger partial charge in [-0.1, -0.05) is 18.3 Å². The fourth-order valence-corrected chi connectivity index (χ4v) is 2.05. The second-order valence-corrected chi connectivity index (χ2v) is 4.84. The number of nitrogens with one attached hydrogen (secondary N) is 1. The summed E-state index contributed by atoms with van der Waals surface area (Å²) in [7, 11) is 0. The van der Waals surface area contributed by atoms with Gasteiger partial charge in [-0.3, -0.25) is 9.78 Å². The Kier molecular flexibility index (Phi) is 3.11. The number of hydrogen-bond acceptors (Lipinski definition) is 3. The first-order chi connectivity index (χ1) is 8.06. The van der Waals surface area contributed by atoms with Crippen LogP contribution in [-0.2, 0) is 4.79 Å². The van der Waals surface area contributed by atoms with E-state index in [0.717, 1.165) is 18.5 Å². The summed E-state index contributed by atoms with van der Waals surface area (Å²) in [6.45, 7) is 1.90. The van der Waals surface area contributed by atoms with Crippen molar-refractivity contribution >= 4 is 23.1 Å². The van der Waals surface area contributed by atoms with E-state index >= 15 is 0 Å². The molecule has 17 heavy (non-hydrogen) atoms. The van der Waals surface area contributed by atoms with E-state index in [1.165, 1.54) is 0 Å². The van der Waals surface area contributed by atoms with Crippen LogP contribution in [0.25, 0.3) is 0 Å². The maximum atomic E-state index is 12.0. The molecule has 2 rings (SSSR count). The van der Waals surface area contributed by atoms with E-state index < -0.39 is 5.41 Å². The normalized spacial score (nSPS) is 18.2. The van der Waals surface area contributed by atoms with Crippen LogP contribution in [0.5, 0.6) is 0 Å². The van der Waals surface area contributed by atoms with E-state index in [-0.39, 0.29) is 11.9 Å². The van der Waals surface area contributed by atoms with Crippen molar-refractivity contribution in [1.29, 1.82) is 0 Å². The van der Waals surface area contributed by atoms with Gasteiger partial charge in [-0.15, -0.1) is 0 Å². The lowest BCUT2D eigenvalue weighted by atomic mass is 10.1. The standard InChI is InChI=1S/C12H15N3OS/c1-8(9-4-2-3-7-14-9)15-11(16)12(5-6-12)10(13)17/h2-4,7-8H,5-6H2,1H3,(H2,13,17)(H,15,16). The van der Waals surface area contributed by atoms with Crippen molar-refractivity contribution in [1.82, 2.24) is 10.3 Å². The number of nitrogens with two attached hydrogens (primary N) is 1. The number of hydrogen-bond donors (Lipinski definition) is 2. The molecule has 1 fully saturated rings. The molecule has 1 heterocycles. The van der Waals surface area contributed by atoms with Crippen LogP contribution in [0.15, 0.2) is 24.4 Å². The molecule has 0 aromatic carbocycles. The van der Waals surface area contributed by atoms with Gasteiger partial charge in [-0.25, -0.2) is 0 Å². The Morgan fingerprint density at radius 1 is 1.59 bits per heavy atom. The third-order valence-electron chi connectivity index (χ3n) is 3.14. The first kappa shape index (κ1) is 12.0. The number of thiocarbonyl (C=S) groups is 1. The van der Waals surface area contributed by atoms with Crippen LogP contribution in [0.3, 0.4) is 0 Å². The lowest BCUT2D eigenvalue weighted by Gasteiger charge is -2.18. The Balaban J connectivity index is 2.03. The summed E-state index contributed by atoms with van der Waals surface area (Å²) in [6, 6.07) is 5.49. The van der Waals surface area contributed by atoms with E-state index in [9.17, 15) is 4.79 Å². The van der Waals surface area contributed by atoms with Gasteiger partial charge in [-0.2, -0.15) is 0 Å². The zero-order valence-electron chi connectivity index (χ0n) is 9.64. The summed E-state index contributed by atoms with van der Waals surface area (Å²) in [5.41, 5.74) is 5.84. The molecule has 0 saturated heterocycles. The molecular weight excluding hydrogens is 234 g/mol. The highest BCUT2D eigenvalue weighted by Gasteiger charge is 2.52. The fraction of sp³-hybridized carbons (Fsp3) is 0.417. The van der Waals surface area contributed by atoms with Gasteiger partial charge in [0, 0.05) is 6.20 Å². The quantitative estimate of drug-likeness (QED) is 0.790. The Morgan fingerprint density at radius 3 is 2.76 bits per heavy atom. The molecule has 1 unspecified atom stereocenters. The number of pyridine rings is 1. The largest absolute Gasteiger partial charge is 0.392 e. The summed E-state index contributed by atoms with van der Waals surface area (Å²) in [5, 5.41) is 2.91. The number of rotatable bonds is 4. The predicted octanol–water partition coefficient (Wildman–Crippen LogP) is 1.33. The second-order valence-electron chi connectivity index (χ2n) is 4.40. The molecule has 1 aromatic heterocycles. The molecule has 5 heteroatoms. The van der Waals surface area contributed by atoms with Crippen molar-refractivity contribution in [3.63, 3.8) is 0 Å². The lowest BCUT2D eigenvalue weighted by molar-refractivity contribution is -0.124. The minimum absolute atomic E-state index is 0.0804. The Labute approximate surface area is 106 Å². The maximum Gasteiger partial charge on any atom is 0.233 e. The van der Waals surface area contributed by atoms with Gasteiger partial charge >= 0.3 is 0 Å². The van der Waals surface area contributed by atoms with Gasteiger partial charge in [0.2, 0.25) is 5.91 Å². The molecule has 90 valence electrons. The fourth-order valence-electron chi connectivity index (χ4n) is 1.75. The Morgan fingerprint density at radius 2 is 2.29 bits per heavy atom. The van der Waals surface area contributed by atoms with Crippen LogP contribution < -0.4 is 11.1 Å². The van der Waals surface area contributed by atoms with E-state index in [0.29, 0.717) is 4.99 Å². The molecule has 0 spiro atoms. The van der Waals surface area contributed by atoms with E-state index in [1.807, 2.05) is 25.1 Å². The average Bonchev–Trinajstić information content (AvgIpc) is 3.11. The van der Waals surface area contributed by atoms with Gasteiger partial charge in [0.1, 0.15) is 0 Å². The highest BCUT2D eigenvalue weighted by molar-refractivity contribution is 7.80. The summed E-state index contributed by atoms with van der Waals surface area (Å²) < 4.78 is 0. The van der Waals surface area contributed by atoms with Crippen LogP contribution in [-0.4, -0.2) is 15.9 Å². The summed E-state index contributed by atoms with van der Waals surface area (Å²) in [6.07, 6.45) is 3.21. The predicted molar refractivity (Wildman–Crippen MR) is 69.2 cm³/mol. The van der Waals surface area contributed by atoms with Crippen molar-refractivity contribution in [2.75, 3.05) is 0 Å². The number of nitrogens with zero attached hydrogens (tertiary/aromatic N) is 1. The first-order valence-electron chi connectivity index (χ1n) is 5.58. The van der Waals surface area contributed by atoms with E-state index in [1.54, 1.807) is 6.20 Å². The summed E-state index contributed by atoms with van der Waals surface area (Å²) in [4.78, 5) is 16.5. The third kappa shape index (κ3) is 2.29. The van der Waals surface area contributed by atoms with Gasteiger partial charge in [0.15, 0.2) is 0 Å². The van der Waals surface area contributed by atoms with E-state index in [2.05, 4.69) is 10.3 Å². The number of aromatic nitrogens is 1. The molecule has 3 N–H and O–H groups in total. The minimum Gasteiger partial charge on any atom is -0.392 e. The molecule has 1 aliphatic rings. The van der Waals surface area contributed by atoms with Crippen LogP contribution in [0, 0.1) is 5.41 Å². The molecule has 4 nitrogen and oxygen atoms in total. The summed E-state index contributed by atoms with van der Waals surface area (Å²) in [5.74, 6) is -0.0804. The molecule has 0 aliphatic heterocycles. The topological polar surface area (TPSA) is 68.0 Å². The lowest BCUT2D eigenvalue weighted by Crippen LogP contribution is -2.40. The van der Waals surface area contributed by atoms with Crippen LogP contribution in [0.1, 0.15) is 31.5 Å². The molecule has 1 amide bonds. The second kappa shape index (κ2) is 4.41. The van der Waals surface area contributed by atoms with E-state index in [4.69, 9.17) is 18.0 Å². The maximum absolute atomic E-state index is 12.0. The van der Waals surface area contributed by atoms with Gasteiger partial charge in [0.25, 0.3) is 0 Å². The van der Waals surface area contributed by atoms with Crippen molar-refractivity contribution < 1.29 is 4.79 Å². The van der Waals surface area contributed by atoms with Crippen molar-refractivity contribution in [2.45, 2.75) is 25.8 Å². The van der Waals surface area contributed by atoms with Gasteiger partial charge in [0.05, 0.1) is 22.1 Å². The Hall–Kier alpha value is -1.49. The SMILES string of the molecule is CC(NC(=O)C1(C(N)=S)CC1)c1ccccn1. The van der Waals surface area contributed by atoms with Gasteiger partial charge < -0.3 is 11.1 Å². The highest BCUT2D eigenvalue weighted by atomic mass is 32.1. The number of carbonyl (C=O) groups excluding carboxylic acids is 1. The summed E-state index contributed by atoms with van der Waals surface area (Å²) >= 11 is 4.94. The van der Waals surface area contributed by atoms with Crippen LogP contribution in [0.4, 0.5) is 0 Å². The van der Waals surface area contributed by atoms with Crippen LogP contribution >= 0.6 is 12.2 Å². The smallest absolute Gasteiger partial charge is 0.233 e. The highest BCUT2D eigenvalue weighted by Crippen LogP contribution is 2.46. The third-order valence-corrected chi connectivity index (χ3v) is 3.53. The zero-order valence-corrected chi connectivity index (χ0v) is 10.5. The molecule has 1 atom stereocenters. The monoisotopic (exact) mass is 249 g/mol. The van der Waals surface area contributed by atoms with Crippen molar-refractivity contribution in [3.05, 3.63) is 30.1 Å². The number of carbonyl (C=O) groups is 1. The molecule has 1 aromatic rings. The van der Waals surface area contributed by atoms with Gasteiger partial charge in [-0.05, 0) is 31.9 Å². The average molecular weight is 249 g/mol.